The molecule has 6 heteroatoms. The Morgan fingerprint density at radius 3 is 2.34 bits per heavy atom. The zero-order valence-electron chi connectivity index (χ0n) is 16.4. The summed E-state index contributed by atoms with van der Waals surface area (Å²) in [5.41, 5.74) is 7.99. The van der Waals surface area contributed by atoms with Gasteiger partial charge in [0.05, 0.1) is 7.11 Å². The first-order valence-corrected chi connectivity index (χ1v) is 10.2. The van der Waals surface area contributed by atoms with Crippen LogP contribution in [0.3, 0.4) is 0 Å². The van der Waals surface area contributed by atoms with E-state index in [9.17, 15) is 5.11 Å². The van der Waals surface area contributed by atoms with Crippen molar-refractivity contribution in [3.63, 3.8) is 0 Å². The van der Waals surface area contributed by atoms with E-state index in [1.54, 1.807) is 18.9 Å². The van der Waals surface area contributed by atoms with E-state index >= 15 is 0 Å². The van der Waals surface area contributed by atoms with Gasteiger partial charge in [-0.1, -0.05) is 54.2 Å². The van der Waals surface area contributed by atoms with Gasteiger partial charge in [-0.3, -0.25) is 0 Å². The third-order valence-corrected chi connectivity index (χ3v) is 5.52. The molecule has 1 unspecified atom stereocenters. The van der Waals surface area contributed by atoms with Crippen LogP contribution in [0.15, 0.2) is 82.6 Å². The first-order valence-electron chi connectivity index (χ1n) is 9.42. The summed E-state index contributed by atoms with van der Waals surface area (Å²) in [6.45, 7) is 1.24. The van der Waals surface area contributed by atoms with E-state index in [1.165, 1.54) is 0 Å². The van der Waals surface area contributed by atoms with Crippen molar-refractivity contribution in [2.75, 3.05) is 26.0 Å². The van der Waals surface area contributed by atoms with Crippen molar-refractivity contribution in [2.45, 2.75) is 22.4 Å². The lowest BCUT2D eigenvalue weighted by Crippen LogP contribution is -2.31. The molecule has 0 spiro atoms. The van der Waals surface area contributed by atoms with Crippen LogP contribution in [-0.4, -0.2) is 31.5 Å². The number of nitrogens with two attached hydrogens (primary N) is 1. The van der Waals surface area contributed by atoms with E-state index in [1.807, 2.05) is 60.7 Å². The maximum absolute atomic E-state index is 10.2. The number of benzene rings is 3. The number of aliphatic hydroxyl groups excluding tert-OH is 1. The van der Waals surface area contributed by atoms with Gasteiger partial charge in [-0.15, -0.1) is 0 Å². The Labute approximate surface area is 175 Å². The number of para-hydroxylation sites is 3. The quantitative estimate of drug-likeness (QED) is 0.439. The van der Waals surface area contributed by atoms with Crippen LogP contribution < -0.4 is 20.5 Å². The van der Waals surface area contributed by atoms with Crippen molar-refractivity contribution in [2.24, 2.45) is 0 Å². The second-order valence-corrected chi connectivity index (χ2v) is 7.58. The number of aliphatic hydroxyl groups is 1. The highest BCUT2D eigenvalue weighted by Gasteiger charge is 2.10. The van der Waals surface area contributed by atoms with E-state index in [0.29, 0.717) is 24.6 Å². The lowest BCUT2D eigenvalue weighted by molar-refractivity contribution is 0.104. The standard InChI is InChI=1S/C23H26N2O3S/c1-27-20-10-4-5-11-21(20)28-16-18(26)15-25-14-17-8-2-6-12-22(17)29-23-13-7-3-9-19(23)24/h2-13,18,25-26H,14-16,24H2,1H3. The fourth-order valence-corrected chi connectivity index (χ4v) is 3.79. The average molecular weight is 411 g/mol. The summed E-state index contributed by atoms with van der Waals surface area (Å²) in [6, 6.07) is 23.4. The summed E-state index contributed by atoms with van der Waals surface area (Å²) in [5, 5.41) is 13.5. The average Bonchev–Trinajstić information content (AvgIpc) is 2.75. The second-order valence-electron chi connectivity index (χ2n) is 6.49. The minimum atomic E-state index is -0.635. The van der Waals surface area contributed by atoms with Crippen molar-refractivity contribution < 1.29 is 14.6 Å². The smallest absolute Gasteiger partial charge is 0.161 e. The molecule has 3 rings (SSSR count). The highest BCUT2D eigenvalue weighted by atomic mass is 32.2. The van der Waals surface area contributed by atoms with Crippen LogP contribution in [0.5, 0.6) is 11.5 Å². The zero-order chi connectivity index (χ0) is 20.5. The van der Waals surface area contributed by atoms with Crippen molar-refractivity contribution in [3.05, 3.63) is 78.4 Å². The van der Waals surface area contributed by atoms with Gasteiger partial charge < -0.3 is 25.6 Å². The molecule has 5 nitrogen and oxygen atoms in total. The number of nitrogen functional groups attached to an aromatic ring is 1. The van der Waals surface area contributed by atoms with Gasteiger partial charge in [0.2, 0.25) is 0 Å². The first-order chi connectivity index (χ1) is 14.2. The topological polar surface area (TPSA) is 76.7 Å². The number of methoxy groups -OCH3 is 1. The summed E-state index contributed by atoms with van der Waals surface area (Å²) in [5.74, 6) is 1.27. The number of anilines is 1. The fraction of sp³-hybridized carbons (Fsp3) is 0.217. The third kappa shape index (κ3) is 6.15. The third-order valence-electron chi connectivity index (χ3n) is 4.31. The lowest BCUT2D eigenvalue weighted by atomic mass is 10.2. The minimum Gasteiger partial charge on any atom is -0.493 e. The Morgan fingerprint density at radius 1 is 0.931 bits per heavy atom. The van der Waals surface area contributed by atoms with Gasteiger partial charge in [0.25, 0.3) is 0 Å². The monoisotopic (exact) mass is 410 g/mol. The van der Waals surface area contributed by atoms with Gasteiger partial charge in [-0.05, 0) is 35.9 Å². The van der Waals surface area contributed by atoms with Crippen LogP contribution in [0.4, 0.5) is 5.69 Å². The Hall–Kier alpha value is -2.67. The molecule has 0 fully saturated rings. The molecule has 0 aliphatic rings. The Bertz CT molecular complexity index is 920. The fourth-order valence-electron chi connectivity index (χ4n) is 2.80. The van der Waals surface area contributed by atoms with E-state index in [4.69, 9.17) is 15.2 Å². The van der Waals surface area contributed by atoms with Gasteiger partial charge in [0.1, 0.15) is 12.7 Å². The molecule has 0 amide bonds. The van der Waals surface area contributed by atoms with Crippen molar-refractivity contribution in [3.8, 4) is 11.5 Å². The summed E-state index contributed by atoms with van der Waals surface area (Å²) < 4.78 is 10.9. The molecule has 1 atom stereocenters. The maximum Gasteiger partial charge on any atom is 0.161 e. The largest absolute Gasteiger partial charge is 0.493 e. The maximum atomic E-state index is 10.2. The number of rotatable bonds is 10. The summed E-state index contributed by atoms with van der Waals surface area (Å²) >= 11 is 1.65. The van der Waals surface area contributed by atoms with Crippen molar-refractivity contribution in [1.29, 1.82) is 0 Å². The van der Waals surface area contributed by atoms with Crippen molar-refractivity contribution >= 4 is 17.4 Å². The van der Waals surface area contributed by atoms with Crippen LogP contribution in [-0.2, 0) is 6.54 Å². The predicted molar refractivity (Wildman–Crippen MR) is 118 cm³/mol. The second kappa shape index (κ2) is 10.8. The molecule has 0 saturated carbocycles. The number of hydrogen-bond acceptors (Lipinski definition) is 6. The highest BCUT2D eigenvalue weighted by molar-refractivity contribution is 7.99. The Kier molecular flexibility index (Phi) is 7.81. The number of ether oxygens (including phenoxy) is 2. The molecule has 0 aromatic heterocycles. The van der Waals surface area contributed by atoms with Crippen LogP contribution in [0, 0.1) is 0 Å². The predicted octanol–water partition coefficient (Wildman–Crippen LogP) is 3.96. The molecule has 152 valence electrons. The normalized spacial score (nSPS) is 11.8. The molecule has 3 aromatic rings. The molecule has 0 radical (unpaired) electrons. The van der Waals surface area contributed by atoms with Gasteiger partial charge in [0, 0.05) is 28.6 Å². The Morgan fingerprint density at radius 2 is 1.59 bits per heavy atom. The minimum absolute atomic E-state index is 0.185. The van der Waals surface area contributed by atoms with Gasteiger partial charge >= 0.3 is 0 Å². The van der Waals surface area contributed by atoms with Gasteiger partial charge in [0.15, 0.2) is 11.5 Å². The molecule has 0 aliphatic heterocycles. The van der Waals surface area contributed by atoms with E-state index in [0.717, 1.165) is 21.0 Å². The van der Waals surface area contributed by atoms with Crippen LogP contribution in [0.2, 0.25) is 0 Å². The SMILES string of the molecule is COc1ccccc1OCC(O)CNCc1ccccc1Sc1ccccc1N. The van der Waals surface area contributed by atoms with Crippen LogP contribution >= 0.6 is 11.8 Å². The first kappa shape index (κ1) is 21.0. The summed E-state index contributed by atoms with van der Waals surface area (Å²) in [6.07, 6.45) is -0.635. The van der Waals surface area contributed by atoms with Crippen LogP contribution in [0.1, 0.15) is 5.56 Å². The molecular weight excluding hydrogens is 384 g/mol. The van der Waals surface area contributed by atoms with Crippen molar-refractivity contribution in [1.82, 2.24) is 5.32 Å². The summed E-state index contributed by atoms with van der Waals surface area (Å²) in [4.78, 5) is 2.17. The summed E-state index contributed by atoms with van der Waals surface area (Å²) in [7, 11) is 1.60. The Balaban J connectivity index is 1.51. The van der Waals surface area contributed by atoms with Gasteiger partial charge in [-0.2, -0.15) is 0 Å². The number of nitrogens with one attached hydrogen (secondary N) is 1. The molecule has 29 heavy (non-hydrogen) atoms. The van der Waals surface area contributed by atoms with E-state index < -0.39 is 6.10 Å². The highest BCUT2D eigenvalue weighted by Crippen LogP contribution is 2.33. The molecule has 0 bridgehead atoms. The van der Waals surface area contributed by atoms with E-state index in [-0.39, 0.29) is 6.61 Å². The molecule has 0 saturated heterocycles. The van der Waals surface area contributed by atoms with Gasteiger partial charge in [-0.25, -0.2) is 0 Å². The molecule has 4 N–H and O–H groups in total. The molecule has 0 aliphatic carbocycles. The molecular formula is C23H26N2O3S. The van der Waals surface area contributed by atoms with E-state index in [2.05, 4.69) is 17.4 Å². The zero-order valence-corrected chi connectivity index (χ0v) is 17.2. The molecule has 0 heterocycles. The van der Waals surface area contributed by atoms with Crippen LogP contribution in [0.25, 0.3) is 0 Å². The molecule has 3 aromatic carbocycles. The lowest BCUT2D eigenvalue weighted by Gasteiger charge is -2.16. The number of hydrogen-bond donors (Lipinski definition) is 3.